The van der Waals surface area contributed by atoms with Crippen molar-refractivity contribution in [1.82, 2.24) is 9.78 Å². The smallest absolute Gasteiger partial charge is 0.198 e. The Morgan fingerprint density at radius 3 is 3.00 bits per heavy atom. The van der Waals surface area contributed by atoms with Crippen molar-refractivity contribution in [2.24, 2.45) is 10.2 Å². The monoisotopic (exact) mass is 165 g/mol. The van der Waals surface area contributed by atoms with E-state index in [-0.39, 0.29) is 6.17 Å². The summed E-state index contributed by atoms with van der Waals surface area (Å²) < 4.78 is 1.78. The minimum atomic E-state index is 0.0519. The number of hydrogen-bond donors (Lipinski definition) is 1. The molecule has 0 amide bonds. The minimum Gasteiger partial charge on any atom is -0.394 e. The van der Waals surface area contributed by atoms with Gasteiger partial charge in [0.15, 0.2) is 12.0 Å². The lowest BCUT2D eigenvalue weighted by Gasteiger charge is -2.02. The van der Waals surface area contributed by atoms with Crippen molar-refractivity contribution in [1.29, 1.82) is 0 Å². The van der Waals surface area contributed by atoms with Gasteiger partial charge in [0.05, 0.1) is 5.69 Å². The van der Waals surface area contributed by atoms with E-state index in [1.165, 1.54) is 0 Å². The number of anilines is 1. The van der Waals surface area contributed by atoms with Crippen molar-refractivity contribution in [2.45, 2.75) is 26.4 Å². The van der Waals surface area contributed by atoms with E-state index in [0.29, 0.717) is 11.5 Å². The fourth-order valence-electron chi connectivity index (χ4n) is 1.28. The first-order valence-electron chi connectivity index (χ1n) is 3.99. The molecular formula is C7H11N5. The van der Waals surface area contributed by atoms with E-state index in [0.717, 1.165) is 12.1 Å². The number of nitrogen functional groups attached to an aromatic ring is 1. The Balaban J connectivity index is 2.53. The number of hydrogen-bond acceptors (Lipinski definition) is 4. The van der Waals surface area contributed by atoms with Gasteiger partial charge in [-0.1, -0.05) is 6.92 Å². The fourth-order valence-corrected chi connectivity index (χ4v) is 1.28. The summed E-state index contributed by atoms with van der Waals surface area (Å²) in [5.74, 6) is 0.708. The minimum absolute atomic E-state index is 0.0519. The lowest BCUT2D eigenvalue weighted by Crippen LogP contribution is -2.02. The van der Waals surface area contributed by atoms with Crippen molar-refractivity contribution in [2.75, 3.05) is 5.73 Å². The summed E-state index contributed by atoms with van der Waals surface area (Å²) in [4.78, 5) is 0. The van der Waals surface area contributed by atoms with E-state index in [9.17, 15) is 0 Å². The number of aromatic nitrogens is 2. The first-order valence-corrected chi connectivity index (χ1v) is 3.99. The number of aryl methyl sites for hydroxylation is 1. The standard InChI is InChI=1S/C7H11N5/c1-3-5-9-10-7-6(8)4(2)11-12(5)7/h5H,3,8H2,1-2H3. The second kappa shape index (κ2) is 2.30. The van der Waals surface area contributed by atoms with Crippen molar-refractivity contribution in [3.63, 3.8) is 0 Å². The van der Waals surface area contributed by atoms with Crippen LogP contribution in [0.2, 0.25) is 0 Å². The predicted octanol–water partition coefficient (Wildman–Crippen LogP) is 1.78. The largest absolute Gasteiger partial charge is 0.394 e. The van der Waals surface area contributed by atoms with Crippen LogP contribution in [0.3, 0.4) is 0 Å². The maximum absolute atomic E-state index is 5.73. The summed E-state index contributed by atoms with van der Waals surface area (Å²) in [6.07, 6.45) is 0.952. The van der Waals surface area contributed by atoms with Crippen molar-refractivity contribution in [3.05, 3.63) is 5.69 Å². The van der Waals surface area contributed by atoms with Gasteiger partial charge in [0.1, 0.15) is 5.69 Å². The Bertz CT molecular complexity index is 338. The molecule has 1 aromatic heterocycles. The van der Waals surface area contributed by atoms with Crippen LogP contribution in [-0.2, 0) is 0 Å². The normalized spacial score (nSPS) is 20.0. The van der Waals surface area contributed by atoms with Gasteiger partial charge >= 0.3 is 0 Å². The molecule has 0 saturated heterocycles. The summed E-state index contributed by atoms with van der Waals surface area (Å²) in [6.45, 7) is 3.93. The zero-order chi connectivity index (χ0) is 8.72. The highest BCUT2D eigenvalue weighted by Crippen LogP contribution is 2.35. The van der Waals surface area contributed by atoms with Gasteiger partial charge < -0.3 is 5.73 Å². The Morgan fingerprint density at radius 2 is 2.33 bits per heavy atom. The summed E-state index contributed by atoms with van der Waals surface area (Å²) in [6, 6.07) is 0. The molecule has 1 atom stereocenters. The van der Waals surface area contributed by atoms with Gasteiger partial charge in [-0.25, -0.2) is 4.68 Å². The molecule has 1 unspecified atom stereocenters. The van der Waals surface area contributed by atoms with Gasteiger partial charge in [0, 0.05) is 0 Å². The second-order valence-corrected chi connectivity index (χ2v) is 2.87. The molecule has 12 heavy (non-hydrogen) atoms. The van der Waals surface area contributed by atoms with E-state index in [1.54, 1.807) is 4.68 Å². The molecule has 0 bridgehead atoms. The fraction of sp³-hybridized carbons (Fsp3) is 0.571. The van der Waals surface area contributed by atoms with Crippen molar-refractivity contribution < 1.29 is 0 Å². The highest BCUT2D eigenvalue weighted by atomic mass is 15.5. The molecular weight excluding hydrogens is 154 g/mol. The van der Waals surface area contributed by atoms with E-state index in [2.05, 4.69) is 15.3 Å². The predicted molar refractivity (Wildman–Crippen MR) is 45.2 cm³/mol. The summed E-state index contributed by atoms with van der Waals surface area (Å²) in [7, 11) is 0. The van der Waals surface area contributed by atoms with E-state index in [1.807, 2.05) is 13.8 Å². The Hall–Kier alpha value is -1.39. The molecule has 1 aliphatic heterocycles. The number of azo groups is 1. The third-order valence-electron chi connectivity index (χ3n) is 2.04. The molecule has 0 radical (unpaired) electrons. The maximum atomic E-state index is 5.73. The second-order valence-electron chi connectivity index (χ2n) is 2.87. The van der Waals surface area contributed by atoms with Crippen LogP contribution in [0.1, 0.15) is 25.2 Å². The molecule has 64 valence electrons. The van der Waals surface area contributed by atoms with Crippen molar-refractivity contribution in [3.8, 4) is 0 Å². The third-order valence-corrected chi connectivity index (χ3v) is 2.04. The molecule has 5 nitrogen and oxygen atoms in total. The molecule has 0 saturated carbocycles. The summed E-state index contributed by atoms with van der Waals surface area (Å²) in [5, 5.41) is 12.2. The van der Waals surface area contributed by atoms with Gasteiger partial charge in [-0.05, 0) is 13.3 Å². The van der Waals surface area contributed by atoms with Gasteiger partial charge in [0.25, 0.3) is 0 Å². The molecule has 1 aliphatic rings. The van der Waals surface area contributed by atoms with Crippen LogP contribution in [0.25, 0.3) is 0 Å². The summed E-state index contributed by atoms with van der Waals surface area (Å²) >= 11 is 0. The zero-order valence-electron chi connectivity index (χ0n) is 7.15. The maximum Gasteiger partial charge on any atom is 0.198 e. The van der Waals surface area contributed by atoms with Crippen LogP contribution in [0.5, 0.6) is 0 Å². The van der Waals surface area contributed by atoms with Crippen LogP contribution in [0, 0.1) is 6.92 Å². The first kappa shape index (κ1) is 7.27. The molecule has 2 N–H and O–H groups in total. The molecule has 1 aromatic rings. The van der Waals surface area contributed by atoms with E-state index in [4.69, 9.17) is 5.73 Å². The van der Waals surface area contributed by atoms with Crippen LogP contribution < -0.4 is 5.73 Å². The molecule has 0 spiro atoms. The average Bonchev–Trinajstić information content (AvgIpc) is 2.55. The zero-order valence-corrected chi connectivity index (χ0v) is 7.15. The highest BCUT2D eigenvalue weighted by Gasteiger charge is 2.22. The number of nitrogens with two attached hydrogens (primary N) is 1. The van der Waals surface area contributed by atoms with Gasteiger partial charge in [-0.2, -0.15) is 10.2 Å². The number of fused-ring (bicyclic) bond motifs is 1. The van der Waals surface area contributed by atoms with Gasteiger partial charge in [-0.15, -0.1) is 5.11 Å². The lowest BCUT2D eigenvalue weighted by molar-refractivity contribution is 0.478. The molecule has 0 fully saturated rings. The number of nitrogens with zero attached hydrogens (tertiary/aromatic N) is 4. The topological polar surface area (TPSA) is 68.6 Å². The molecule has 2 heterocycles. The Labute approximate surface area is 70.3 Å². The SMILES string of the molecule is CCC1N=Nc2c(N)c(C)nn21. The first-order chi connectivity index (χ1) is 5.74. The Kier molecular flexibility index (Phi) is 1.39. The van der Waals surface area contributed by atoms with Crippen LogP contribution in [-0.4, -0.2) is 9.78 Å². The molecule has 5 heteroatoms. The van der Waals surface area contributed by atoms with Crippen LogP contribution in [0.15, 0.2) is 10.2 Å². The Morgan fingerprint density at radius 1 is 1.58 bits per heavy atom. The van der Waals surface area contributed by atoms with E-state index >= 15 is 0 Å². The molecule has 0 aromatic carbocycles. The van der Waals surface area contributed by atoms with Crippen molar-refractivity contribution >= 4 is 11.5 Å². The average molecular weight is 165 g/mol. The van der Waals surface area contributed by atoms with Crippen LogP contribution in [0.4, 0.5) is 11.5 Å². The lowest BCUT2D eigenvalue weighted by atomic mass is 10.4. The molecule has 2 rings (SSSR count). The van der Waals surface area contributed by atoms with Gasteiger partial charge in [0.2, 0.25) is 0 Å². The third kappa shape index (κ3) is 0.760. The number of rotatable bonds is 1. The molecule has 0 aliphatic carbocycles. The van der Waals surface area contributed by atoms with Crippen LogP contribution >= 0.6 is 0 Å². The van der Waals surface area contributed by atoms with E-state index < -0.39 is 0 Å². The summed E-state index contributed by atoms with van der Waals surface area (Å²) in [5.41, 5.74) is 7.22. The highest BCUT2D eigenvalue weighted by molar-refractivity contribution is 5.61. The quantitative estimate of drug-likeness (QED) is 0.689. The van der Waals surface area contributed by atoms with Gasteiger partial charge in [-0.3, -0.25) is 0 Å².